The molecule has 1 aromatic rings. The van der Waals surface area contributed by atoms with Gasteiger partial charge in [-0.15, -0.1) is 0 Å². The lowest BCUT2D eigenvalue weighted by Gasteiger charge is -2.32. The molecule has 0 bridgehead atoms. The number of aromatic nitrogens is 2. The molecule has 2 rings (SSSR count). The zero-order chi connectivity index (χ0) is 21.9. The van der Waals surface area contributed by atoms with Crippen LogP contribution in [0.3, 0.4) is 0 Å². The molecular formula is C22H41N7O. The molecule has 0 atom stereocenters. The van der Waals surface area contributed by atoms with E-state index < -0.39 is 0 Å². The molecule has 1 amide bonds. The number of amides is 1. The van der Waals surface area contributed by atoms with Crippen LogP contribution in [-0.2, 0) is 31.2 Å². The average molecular weight is 420 g/mol. The number of aliphatic imine (C=N–C) groups is 1. The third-order valence-electron chi connectivity index (χ3n) is 5.64. The van der Waals surface area contributed by atoms with Crippen LogP contribution >= 0.6 is 0 Å². The van der Waals surface area contributed by atoms with Crippen molar-refractivity contribution < 1.29 is 4.79 Å². The first-order valence-electron chi connectivity index (χ1n) is 11.6. The average Bonchev–Trinajstić information content (AvgIpc) is 3.06. The van der Waals surface area contributed by atoms with Crippen molar-refractivity contribution in [1.82, 2.24) is 30.6 Å². The first kappa shape index (κ1) is 24.2. The molecule has 0 unspecified atom stereocenters. The van der Waals surface area contributed by atoms with Crippen LogP contribution in [0.1, 0.15) is 63.9 Å². The molecule has 30 heavy (non-hydrogen) atoms. The highest BCUT2D eigenvalue weighted by molar-refractivity contribution is 5.80. The maximum absolute atomic E-state index is 11.9. The Kier molecular flexibility index (Phi) is 10.1. The van der Waals surface area contributed by atoms with Crippen LogP contribution in [0.5, 0.6) is 0 Å². The van der Waals surface area contributed by atoms with Gasteiger partial charge in [-0.2, -0.15) is 5.10 Å². The molecule has 1 fully saturated rings. The zero-order valence-corrected chi connectivity index (χ0v) is 19.6. The number of carbonyl (C=O) groups is 1. The molecule has 0 saturated carbocycles. The van der Waals surface area contributed by atoms with Gasteiger partial charge in [-0.25, -0.2) is 4.99 Å². The Labute approximate surface area is 181 Å². The van der Waals surface area contributed by atoms with Crippen LogP contribution < -0.4 is 16.0 Å². The van der Waals surface area contributed by atoms with Crippen molar-refractivity contribution in [3.05, 3.63) is 17.0 Å². The van der Waals surface area contributed by atoms with E-state index in [4.69, 9.17) is 4.99 Å². The predicted octanol–water partition coefficient (Wildman–Crippen LogP) is 1.59. The summed E-state index contributed by atoms with van der Waals surface area (Å²) in [6.07, 6.45) is 4.88. The quantitative estimate of drug-likeness (QED) is 0.396. The van der Waals surface area contributed by atoms with Gasteiger partial charge in [0.15, 0.2) is 5.96 Å². The molecule has 1 aliphatic heterocycles. The summed E-state index contributed by atoms with van der Waals surface area (Å²) in [7, 11) is 2.02. The van der Waals surface area contributed by atoms with Gasteiger partial charge in [0, 0.05) is 50.5 Å². The van der Waals surface area contributed by atoms with Gasteiger partial charge in [-0.05, 0) is 39.0 Å². The van der Waals surface area contributed by atoms with Gasteiger partial charge in [0.1, 0.15) is 0 Å². The number of piperidine rings is 1. The second-order valence-electron chi connectivity index (χ2n) is 7.94. The van der Waals surface area contributed by atoms with E-state index in [9.17, 15) is 4.79 Å². The molecule has 1 aromatic heterocycles. The van der Waals surface area contributed by atoms with E-state index in [0.29, 0.717) is 19.1 Å². The van der Waals surface area contributed by atoms with Gasteiger partial charge in [0.25, 0.3) is 0 Å². The van der Waals surface area contributed by atoms with Crippen LogP contribution in [-0.4, -0.2) is 65.3 Å². The van der Waals surface area contributed by atoms with Crippen molar-refractivity contribution >= 4 is 11.9 Å². The molecule has 1 saturated heterocycles. The Hall–Kier alpha value is -2.09. The number of hydrogen-bond donors (Lipinski definition) is 3. The fourth-order valence-electron chi connectivity index (χ4n) is 4.00. The molecule has 0 spiro atoms. The van der Waals surface area contributed by atoms with Gasteiger partial charge in [-0.3, -0.25) is 14.4 Å². The van der Waals surface area contributed by atoms with E-state index in [-0.39, 0.29) is 5.91 Å². The van der Waals surface area contributed by atoms with Crippen LogP contribution in [0.15, 0.2) is 4.99 Å². The minimum Gasteiger partial charge on any atom is -0.357 e. The number of hydrogen-bond acceptors (Lipinski definition) is 4. The fourth-order valence-corrected chi connectivity index (χ4v) is 4.00. The molecule has 170 valence electrons. The fraction of sp³-hybridized carbons (Fsp3) is 0.773. The van der Waals surface area contributed by atoms with Crippen LogP contribution in [0, 0.1) is 0 Å². The lowest BCUT2D eigenvalue weighted by Crippen LogP contribution is -2.50. The number of likely N-dealkylation sites (tertiary alicyclic amines) is 1. The van der Waals surface area contributed by atoms with E-state index in [1.54, 1.807) is 0 Å². The number of nitrogens with one attached hydrogen (secondary N) is 3. The molecule has 3 N–H and O–H groups in total. The van der Waals surface area contributed by atoms with E-state index in [1.165, 1.54) is 11.3 Å². The summed E-state index contributed by atoms with van der Waals surface area (Å²) < 4.78 is 2.00. The highest BCUT2D eigenvalue weighted by Gasteiger charge is 2.21. The van der Waals surface area contributed by atoms with Crippen molar-refractivity contribution in [3.63, 3.8) is 0 Å². The third-order valence-corrected chi connectivity index (χ3v) is 5.64. The second-order valence-corrected chi connectivity index (χ2v) is 7.94. The van der Waals surface area contributed by atoms with Crippen molar-refractivity contribution in [1.29, 1.82) is 0 Å². The summed E-state index contributed by atoms with van der Waals surface area (Å²) in [5.74, 6) is 0.998. The van der Waals surface area contributed by atoms with Gasteiger partial charge < -0.3 is 16.0 Å². The Morgan fingerprint density at radius 2 is 1.87 bits per heavy atom. The molecule has 2 heterocycles. The van der Waals surface area contributed by atoms with Gasteiger partial charge in [-0.1, -0.05) is 20.8 Å². The van der Waals surface area contributed by atoms with E-state index in [1.807, 2.05) is 11.7 Å². The standard InChI is InChI=1S/C22H41N7O/c1-6-12-24-21(30)16-29-13-10-17(11-14-29)26-22(23-9-4)25-15-18-19(7-2)27-28(5)20(18)8-3/h17H,6-16H2,1-5H3,(H,24,30)(H2,23,25,26). The van der Waals surface area contributed by atoms with Crippen molar-refractivity contribution in [2.24, 2.45) is 12.0 Å². The predicted molar refractivity (Wildman–Crippen MR) is 123 cm³/mol. The Bertz CT molecular complexity index is 690. The first-order valence-corrected chi connectivity index (χ1v) is 11.6. The van der Waals surface area contributed by atoms with Crippen molar-refractivity contribution in [3.8, 4) is 0 Å². The monoisotopic (exact) mass is 419 g/mol. The number of aryl methyl sites for hydroxylation is 2. The van der Waals surface area contributed by atoms with E-state index in [2.05, 4.69) is 53.6 Å². The lowest BCUT2D eigenvalue weighted by molar-refractivity contribution is -0.122. The molecular weight excluding hydrogens is 378 g/mol. The van der Waals surface area contributed by atoms with Gasteiger partial charge >= 0.3 is 0 Å². The molecule has 0 radical (unpaired) electrons. The molecule has 8 heteroatoms. The van der Waals surface area contributed by atoms with Crippen LogP contribution in [0.4, 0.5) is 0 Å². The van der Waals surface area contributed by atoms with E-state index >= 15 is 0 Å². The summed E-state index contributed by atoms with van der Waals surface area (Å²) in [6.45, 7) is 13.1. The molecule has 1 aliphatic rings. The van der Waals surface area contributed by atoms with Crippen molar-refractivity contribution in [2.45, 2.75) is 72.4 Å². The van der Waals surface area contributed by atoms with Crippen LogP contribution in [0.25, 0.3) is 0 Å². The topological polar surface area (TPSA) is 86.6 Å². The van der Waals surface area contributed by atoms with Crippen LogP contribution in [0.2, 0.25) is 0 Å². The maximum Gasteiger partial charge on any atom is 0.234 e. The largest absolute Gasteiger partial charge is 0.357 e. The number of rotatable bonds is 10. The lowest BCUT2D eigenvalue weighted by atomic mass is 10.1. The second kappa shape index (κ2) is 12.6. The third kappa shape index (κ3) is 7.00. The maximum atomic E-state index is 11.9. The Morgan fingerprint density at radius 1 is 1.13 bits per heavy atom. The summed E-state index contributed by atoms with van der Waals surface area (Å²) in [5.41, 5.74) is 3.66. The molecule has 0 aliphatic carbocycles. The van der Waals surface area contributed by atoms with Crippen molar-refractivity contribution in [2.75, 3.05) is 32.7 Å². The first-order chi connectivity index (χ1) is 14.5. The minimum absolute atomic E-state index is 0.132. The summed E-state index contributed by atoms with van der Waals surface area (Å²) in [5, 5.41) is 14.6. The summed E-state index contributed by atoms with van der Waals surface area (Å²) in [4.78, 5) is 19.0. The Morgan fingerprint density at radius 3 is 2.47 bits per heavy atom. The zero-order valence-electron chi connectivity index (χ0n) is 19.6. The highest BCUT2D eigenvalue weighted by Crippen LogP contribution is 2.17. The normalized spacial score (nSPS) is 16.0. The number of carbonyl (C=O) groups excluding carboxylic acids is 1. The summed E-state index contributed by atoms with van der Waals surface area (Å²) in [6, 6.07) is 0.378. The van der Waals surface area contributed by atoms with Gasteiger partial charge in [0.05, 0.1) is 18.8 Å². The molecule has 8 nitrogen and oxygen atoms in total. The number of nitrogens with zero attached hydrogens (tertiary/aromatic N) is 4. The highest BCUT2D eigenvalue weighted by atomic mass is 16.2. The summed E-state index contributed by atoms with van der Waals surface area (Å²) >= 11 is 0. The molecule has 0 aromatic carbocycles. The van der Waals surface area contributed by atoms with E-state index in [0.717, 1.165) is 69.9 Å². The number of guanidine groups is 1. The smallest absolute Gasteiger partial charge is 0.234 e. The van der Waals surface area contributed by atoms with Gasteiger partial charge in [0.2, 0.25) is 5.91 Å². The minimum atomic E-state index is 0.132. The Balaban J connectivity index is 1.91. The SMILES string of the molecule is CCCNC(=O)CN1CCC(NC(=NCc2c(CC)nn(C)c2CC)NCC)CC1.